The molecule has 7 nitrogen and oxygen atoms in total. The van der Waals surface area contributed by atoms with E-state index in [9.17, 15) is 4.79 Å². The first-order valence-electron chi connectivity index (χ1n) is 6.12. The molecule has 0 radical (unpaired) electrons. The summed E-state index contributed by atoms with van der Waals surface area (Å²) in [5, 5.41) is 13.9. The number of amides is 2. The smallest absolute Gasteiger partial charge is 0.324 e. The first-order chi connectivity index (χ1) is 9.24. The summed E-state index contributed by atoms with van der Waals surface area (Å²) in [4.78, 5) is 16.8. The Morgan fingerprint density at radius 2 is 1.95 bits per heavy atom. The maximum absolute atomic E-state index is 11.7. The molecule has 2 heterocycles. The second-order valence-corrected chi connectivity index (χ2v) is 6.59. The van der Waals surface area contributed by atoms with Crippen LogP contribution >= 0.6 is 11.3 Å². The molecular weight excluding hydrogens is 278 g/mol. The van der Waals surface area contributed by atoms with Crippen LogP contribution in [-0.4, -0.2) is 26.8 Å². The first kappa shape index (κ1) is 14.4. The van der Waals surface area contributed by atoms with Crippen molar-refractivity contribution in [2.24, 2.45) is 0 Å². The van der Waals surface area contributed by atoms with E-state index in [1.807, 2.05) is 34.6 Å². The number of anilines is 1. The second-order valence-electron chi connectivity index (χ2n) is 5.39. The van der Waals surface area contributed by atoms with Crippen LogP contribution < -0.4 is 10.6 Å². The minimum atomic E-state index is -0.384. The number of aromatic nitrogens is 3. The number of nitrogens with one attached hydrogen (secondary N) is 2. The van der Waals surface area contributed by atoms with Crippen molar-refractivity contribution in [3.8, 4) is 10.8 Å². The van der Waals surface area contributed by atoms with E-state index >= 15 is 0 Å². The molecule has 0 aliphatic carbocycles. The Bertz CT molecular complexity index is 626. The number of hydrogen-bond donors (Lipinski definition) is 2. The minimum Gasteiger partial charge on any atom is -0.402 e. The Kier molecular flexibility index (Phi) is 3.76. The van der Waals surface area contributed by atoms with Gasteiger partial charge in [0.05, 0.1) is 10.7 Å². The molecule has 0 unspecified atom stereocenters. The predicted molar refractivity (Wildman–Crippen MR) is 76.8 cm³/mol. The van der Waals surface area contributed by atoms with Gasteiger partial charge in [0.2, 0.25) is 0 Å². The fourth-order valence-corrected chi connectivity index (χ4v) is 2.41. The molecule has 20 heavy (non-hydrogen) atoms. The Balaban J connectivity index is 2.10. The average Bonchev–Trinajstić information content (AvgIpc) is 2.82. The van der Waals surface area contributed by atoms with Crippen molar-refractivity contribution in [1.82, 2.24) is 20.5 Å². The molecule has 2 N–H and O–H groups in total. The van der Waals surface area contributed by atoms with E-state index < -0.39 is 0 Å². The molecule has 0 saturated heterocycles. The van der Waals surface area contributed by atoms with Crippen molar-refractivity contribution in [2.75, 3.05) is 5.32 Å². The van der Waals surface area contributed by atoms with Gasteiger partial charge in [-0.1, -0.05) is 5.10 Å². The minimum absolute atomic E-state index is 0.0622. The molecule has 108 valence electrons. The highest BCUT2D eigenvalue weighted by Gasteiger charge is 2.18. The highest BCUT2D eigenvalue weighted by Crippen LogP contribution is 2.29. The van der Waals surface area contributed by atoms with Gasteiger partial charge in [-0.05, 0) is 34.6 Å². The fourth-order valence-electron chi connectivity index (χ4n) is 1.56. The highest BCUT2D eigenvalue weighted by atomic mass is 32.1. The Labute approximate surface area is 120 Å². The van der Waals surface area contributed by atoms with E-state index in [0.29, 0.717) is 5.89 Å². The number of nitrogens with zero attached hydrogens (tertiary/aromatic N) is 3. The van der Waals surface area contributed by atoms with Crippen molar-refractivity contribution >= 4 is 23.4 Å². The van der Waals surface area contributed by atoms with Crippen LogP contribution in [0.25, 0.3) is 10.8 Å². The number of carbonyl (C=O) groups is 1. The average molecular weight is 295 g/mol. The van der Waals surface area contributed by atoms with Crippen LogP contribution in [0, 0.1) is 13.8 Å². The third kappa shape index (κ3) is 3.53. The molecule has 0 fully saturated rings. The second kappa shape index (κ2) is 5.20. The number of urea groups is 1. The van der Waals surface area contributed by atoms with Gasteiger partial charge < -0.3 is 9.73 Å². The molecule has 2 aromatic rings. The lowest BCUT2D eigenvalue weighted by atomic mass is 10.1. The summed E-state index contributed by atoms with van der Waals surface area (Å²) in [6.45, 7) is 9.44. The third-order valence-corrected chi connectivity index (χ3v) is 3.29. The molecule has 0 aliphatic heterocycles. The van der Waals surface area contributed by atoms with Gasteiger partial charge in [0.25, 0.3) is 5.89 Å². The zero-order valence-electron chi connectivity index (χ0n) is 12.1. The quantitative estimate of drug-likeness (QED) is 0.888. The van der Waals surface area contributed by atoms with Crippen LogP contribution in [0.5, 0.6) is 0 Å². The van der Waals surface area contributed by atoms with Gasteiger partial charge in [-0.25, -0.2) is 9.78 Å². The highest BCUT2D eigenvalue weighted by molar-refractivity contribution is 7.15. The zero-order chi connectivity index (χ0) is 14.9. The standard InChI is InChI=1S/C12H17N5O2S/c1-6-8(20-7(2)13-6)9-16-17-11(19-9)14-10(18)15-12(3,4)5/h1-5H3,(H2,14,15,17,18). The number of carbonyl (C=O) groups excluding carboxylic acids is 1. The van der Waals surface area contributed by atoms with Crippen LogP contribution in [0.3, 0.4) is 0 Å². The maximum Gasteiger partial charge on any atom is 0.324 e. The predicted octanol–water partition coefficient (Wildman–Crippen LogP) is 2.73. The molecular formula is C12H17N5O2S. The normalized spacial score (nSPS) is 11.4. The topological polar surface area (TPSA) is 92.9 Å². The summed E-state index contributed by atoms with van der Waals surface area (Å²) in [6.07, 6.45) is 0. The van der Waals surface area contributed by atoms with E-state index in [2.05, 4.69) is 25.8 Å². The largest absolute Gasteiger partial charge is 0.402 e. The number of thiazole rings is 1. The van der Waals surface area contributed by atoms with Gasteiger partial charge >= 0.3 is 12.0 Å². The SMILES string of the molecule is Cc1nc(C)c(-c2nnc(NC(=O)NC(C)(C)C)o2)s1. The van der Waals surface area contributed by atoms with E-state index in [-0.39, 0.29) is 17.6 Å². The number of aryl methyl sites for hydroxylation is 2. The van der Waals surface area contributed by atoms with E-state index in [4.69, 9.17) is 4.42 Å². The lowest BCUT2D eigenvalue weighted by Gasteiger charge is -2.19. The van der Waals surface area contributed by atoms with E-state index in [1.165, 1.54) is 11.3 Å². The van der Waals surface area contributed by atoms with Crippen molar-refractivity contribution < 1.29 is 9.21 Å². The summed E-state index contributed by atoms with van der Waals surface area (Å²) >= 11 is 1.47. The van der Waals surface area contributed by atoms with Crippen LogP contribution in [0.4, 0.5) is 10.8 Å². The summed E-state index contributed by atoms with van der Waals surface area (Å²) in [7, 11) is 0. The Hall–Kier alpha value is -1.96. The van der Waals surface area contributed by atoms with Crippen molar-refractivity contribution in [1.29, 1.82) is 0 Å². The summed E-state index contributed by atoms with van der Waals surface area (Å²) in [5.41, 5.74) is 0.500. The van der Waals surface area contributed by atoms with Crippen LogP contribution in [0.15, 0.2) is 4.42 Å². The molecule has 2 amide bonds. The lowest BCUT2D eigenvalue weighted by Crippen LogP contribution is -2.43. The summed E-state index contributed by atoms with van der Waals surface area (Å²) in [5.74, 6) is 0.360. The molecule has 0 spiro atoms. The molecule has 0 aromatic carbocycles. The van der Waals surface area contributed by atoms with Gasteiger partial charge in [-0.15, -0.1) is 16.4 Å². The Morgan fingerprint density at radius 1 is 1.25 bits per heavy atom. The van der Waals surface area contributed by atoms with Crippen LogP contribution in [-0.2, 0) is 0 Å². The van der Waals surface area contributed by atoms with Gasteiger partial charge in [0.1, 0.15) is 4.88 Å². The fraction of sp³-hybridized carbons (Fsp3) is 0.500. The van der Waals surface area contributed by atoms with E-state index in [0.717, 1.165) is 15.6 Å². The molecule has 0 aliphatic rings. The molecule has 2 aromatic heterocycles. The van der Waals surface area contributed by atoms with Crippen LogP contribution in [0.1, 0.15) is 31.5 Å². The van der Waals surface area contributed by atoms with Gasteiger partial charge in [0, 0.05) is 5.54 Å². The molecule has 0 bridgehead atoms. The molecule has 8 heteroatoms. The summed E-state index contributed by atoms with van der Waals surface area (Å²) in [6, 6.07) is -0.322. The van der Waals surface area contributed by atoms with Crippen molar-refractivity contribution in [3.05, 3.63) is 10.7 Å². The maximum atomic E-state index is 11.7. The van der Waals surface area contributed by atoms with Gasteiger partial charge in [0.15, 0.2) is 0 Å². The van der Waals surface area contributed by atoms with E-state index in [1.54, 1.807) is 0 Å². The third-order valence-electron chi connectivity index (χ3n) is 2.23. The zero-order valence-corrected chi connectivity index (χ0v) is 12.9. The molecule has 2 rings (SSSR count). The monoisotopic (exact) mass is 295 g/mol. The Morgan fingerprint density at radius 3 is 2.50 bits per heavy atom. The summed E-state index contributed by atoms with van der Waals surface area (Å²) < 4.78 is 5.43. The molecule has 0 saturated carbocycles. The van der Waals surface area contributed by atoms with Gasteiger partial charge in [-0.2, -0.15) is 0 Å². The first-order valence-corrected chi connectivity index (χ1v) is 6.93. The number of rotatable bonds is 2. The van der Waals surface area contributed by atoms with Crippen LogP contribution in [0.2, 0.25) is 0 Å². The van der Waals surface area contributed by atoms with Crippen molar-refractivity contribution in [2.45, 2.75) is 40.2 Å². The number of hydrogen-bond acceptors (Lipinski definition) is 6. The lowest BCUT2D eigenvalue weighted by molar-refractivity contribution is 0.243. The van der Waals surface area contributed by atoms with Gasteiger partial charge in [-0.3, -0.25) is 5.32 Å². The molecule has 0 atom stereocenters. The van der Waals surface area contributed by atoms with Crippen molar-refractivity contribution in [3.63, 3.8) is 0 Å².